The number of fused-ring (bicyclic) bond motifs is 1. The molecule has 21 heavy (non-hydrogen) atoms. The molecule has 0 atom stereocenters. The fraction of sp³-hybridized carbons (Fsp3) is 0.438. The van der Waals surface area contributed by atoms with Gasteiger partial charge in [0, 0.05) is 50.4 Å². The maximum absolute atomic E-state index is 10.0. The molecule has 1 aromatic carbocycles. The first-order chi connectivity index (χ1) is 10.2. The van der Waals surface area contributed by atoms with Crippen molar-refractivity contribution in [2.24, 2.45) is 0 Å². The lowest BCUT2D eigenvalue weighted by molar-refractivity contribution is 0.133. The molecule has 0 bridgehead atoms. The van der Waals surface area contributed by atoms with E-state index in [-0.39, 0.29) is 5.75 Å². The average Bonchev–Trinajstić information content (AvgIpc) is 2.50. The van der Waals surface area contributed by atoms with E-state index in [0.29, 0.717) is 12.4 Å². The summed E-state index contributed by atoms with van der Waals surface area (Å²) in [5, 5.41) is 10.9. The van der Waals surface area contributed by atoms with Crippen molar-refractivity contribution in [1.29, 1.82) is 0 Å². The Labute approximate surface area is 124 Å². The lowest BCUT2D eigenvalue weighted by Gasteiger charge is -2.32. The van der Waals surface area contributed by atoms with Gasteiger partial charge in [-0.15, -0.1) is 0 Å². The molecule has 112 valence electrons. The number of piperazine rings is 1. The molecule has 1 fully saturated rings. The van der Waals surface area contributed by atoms with Crippen LogP contribution in [0.1, 0.15) is 0 Å². The average molecular weight is 287 g/mol. The number of benzene rings is 1. The Bertz CT molecular complexity index is 609. The van der Waals surface area contributed by atoms with E-state index in [1.165, 1.54) is 0 Å². The molecule has 0 radical (unpaired) electrons. The Hall–Kier alpha value is -1.85. The molecular weight excluding hydrogens is 266 g/mol. The zero-order chi connectivity index (χ0) is 14.7. The zero-order valence-electron chi connectivity index (χ0n) is 12.3. The topological polar surface area (TPSA) is 48.8 Å². The first-order valence-electron chi connectivity index (χ1n) is 7.34. The summed E-state index contributed by atoms with van der Waals surface area (Å²) in [6.07, 6.45) is 1.74. The van der Waals surface area contributed by atoms with Crippen LogP contribution in [0, 0.1) is 0 Å². The fourth-order valence-corrected chi connectivity index (χ4v) is 2.56. The van der Waals surface area contributed by atoms with Crippen LogP contribution in [0.5, 0.6) is 11.5 Å². The lowest BCUT2D eigenvalue weighted by Crippen LogP contribution is -2.45. The Morgan fingerprint density at radius 1 is 1.24 bits per heavy atom. The van der Waals surface area contributed by atoms with Gasteiger partial charge in [-0.25, -0.2) is 0 Å². The molecule has 1 aliphatic rings. The van der Waals surface area contributed by atoms with E-state index in [0.717, 1.165) is 43.6 Å². The molecule has 1 aliphatic heterocycles. The second kappa shape index (κ2) is 6.28. The normalized spacial score (nSPS) is 17.2. The highest BCUT2D eigenvalue weighted by Crippen LogP contribution is 2.30. The summed E-state index contributed by atoms with van der Waals surface area (Å²) < 4.78 is 5.73. The molecular formula is C16H21N3O2. The Morgan fingerprint density at radius 3 is 2.86 bits per heavy atom. The van der Waals surface area contributed by atoms with Crippen molar-refractivity contribution < 1.29 is 9.84 Å². The maximum Gasteiger partial charge on any atom is 0.163 e. The van der Waals surface area contributed by atoms with Gasteiger partial charge in [-0.3, -0.25) is 9.88 Å². The molecule has 1 aromatic heterocycles. The van der Waals surface area contributed by atoms with Crippen molar-refractivity contribution >= 4 is 10.9 Å². The van der Waals surface area contributed by atoms with Gasteiger partial charge in [0.15, 0.2) is 11.5 Å². The predicted molar refractivity (Wildman–Crippen MR) is 82.8 cm³/mol. The monoisotopic (exact) mass is 287 g/mol. The van der Waals surface area contributed by atoms with E-state index in [4.69, 9.17) is 4.74 Å². The number of hydrogen-bond donors (Lipinski definition) is 1. The molecule has 0 spiro atoms. The summed E-state index contributed by atoms with van der Waals surface area (Å²) in [5.41, 5.74) is 0.838. The minimum atomic E-state index is 0.175. The quantitative estimate of drug-likeness (QED) is 0.925. The van der Waals surface area contributed by atoms with Gasteiger partial charge < -0.3 is 14.7 Å². The molecule has 0 unspecified atom stereocenters. The number of hydrogen-bond acceptors (Lipinski definition) is 5. The van der Waals surface area contributed by atoms with Crippen LogP contribution in [-0.4, -0.2) is 66.3 Å². The third kappa shape index (κ3) is 3.43. The highest BCUT2D eigenvalue weighted by Gasteiger charge is 2.13. The Balaban J connectivity index is 1.59. The highest BCUT2D eigenvalue weighted by atomic mass is 16.5. The first-order valence-corrected chi connectivity index (χ1v) is 7.34. The van der Waals surface area contributed by atoms with Crippen molar-refractivity contribution in [3.05, 3.63) is 30.5 Å². The molecule has 2 heterocycles. The van der Waals surface area contributed by atoms with Crippen LogP contribution in [0.3, 0.4) is 0 Å². The third-order valence-corrected chi connectivity index (χ3v) is 3.94. The number of aromatic hydroxyl groups is 1. The fourth-order valence-electron chi connectivity index (χ4n) is 2.56. The minimum absolute atomic E-state index is 0.175. The SMILES string of the molecule is CN1CCN(CCOc2cc3ncccc3cc2O)CC1. The summed E-state index contributed by atoms with van der Waals surface area (Å²) in [4.78, 5) is 9.00. The van der Waals surface area contributed by atoms with E-state index in [2.05, 4.69) is 21.8 Å². The number of likely N-dealkylation sites (N-methyl/N-ethyl adjacent to an activating group) is 1. The number of pyridine rings is 1. The highest BCUT2D eigenvalue weighted by molar-refractivity contribution is 5.82. The zero-order valence-corrected chi connectivity index (χ0v) is 12.3. The van der Waals surface area contributed by atoms with Gasteiger partial charge in [0.2, 0.25) is 0 Å². The number of phenols is 1. The number of phenolic OH excluding ortho intramolecular Hbond substituents is 1. The van der Waals surface area contributed by atoms with Gasteiger partial charge in [0.05, 0.1) is 5.52 Å². The van der Waals surface area contributed by atoms with Crippen molar-refractivity contribution in [2.45, 2.75) is 0 Å². The van der Waals surface area contributed by atoms with E-state index in [9.17, 15) is 5.11 Å². The van der Waals surface area contributed by atoms with Crippen LogP contribution in [0.2, 0.25) is 0 Å². The second-order valence-corrected chi connectivity index (χ2v) is 5.51. The smallest absolute Gasteiger partial charge is 0.163 e. The van der Waals surface area contributed by atoms with Crippen LogP contribution in [0.15, 0.2) is 30.5 Å². The van der Waals surface area contributed by atoms with Crippen molar-refractivity contribution in [1.82, 2.24) is 14.8 Å². The molecule has 1 N–H and O–H groups in total. The number of aromatic nitrogens is 1. The van der Waals surface area contributed by atoms with Gasteiger partial charge in [-0.05, 0) is 19.2 Å². The molecule has 3 rings (SSSR count). The van der Waals surface area contributed by atoms with E-state index in [1.807, 2.05) is 12.1 Å². The largest absolute Gasteiger partial charge is 0.504 e. The van der Waals surface area contributed by atoms with E-state index >= 15 is 0 Å². The van der Waals surface area contributed by atoms with Crippen LogP contribution in [0.4, 0.5) is 0 Å². The molecule has 2 aromatic rings. The summed E-state index contributed by atoms with van der Waals surface area (Å²) in [6, 6.07) is 7.29. The maximum atomic E-state index is 10.0. The van der Waals surface area contributed by atoms with Crippen molar-refractivity contribution in [3.63, 3.8) is 0 Å². The minimum Gasteiger partial charge on any atom is -0.504 e. The van der Waals surface area contributed by atoms with Gasteiger partial charge in [0.1, 0.15) is 6.61 Å². The van der Waals surface area contributed by atoms with Crippen LogP contribution < -0.4 is 4.74 Å². The summed E-state index contributed by atoms with van der Waals surface area (Å²) in [6.45, 7) is 5.82. The van der Waals surface area contributed by atoms with E-state index < -0.39 is 0 Å². The molecule has 0 amide bonds. The Morgan fingerprint density at radius 2 is 2.05 bits per heavy atom. The van der Waals surface area contributed by atoms with E-state index in [1.54, 1.807) is 18.3 Å². The van der Waals surface area contributed by atoms with Crippen LogP contribution in [0.25, 0.3) is 10.9 Å². The summed E-state index contributed by atoms with van der Waals surface area (Å²) in [7, 11) is 2.15. The van der Waals surface area contributed by atoms with Crippen LogP contribution in [-0.2, 0) is 0 Å². The number of ether oxygens (including phenoxy) is 1. The van der Waals surface area contributed by atoms with Crippen molar-refractivity contribution in [3.8, 4) is 11.5 Å². The van der Waals surface area contributed by atoms with Crippen molar-refractivity contribution in [2.75, 3.05) is 46.4 Å². The van der Waals surface area contributed by atoms with Crippen LogP contribution >= 0.6 is 0 Å². The van der Waals surface area contributed by atoms with Gasteiger partial charge in [-0.1, -0.05) is 6.07 Å². The molecule has 1 saturated heterocycles. The van der Waals surface area contributed by atoms with Gasteiger partial charge in [0.25, 0.3) is 0 Å². The summed E-state index contributed by atoms with van der Waals surface area (Å²) in [5.74, 6) is 0.684. The lowest BCUT2D eigenvalue weighted by atomic mass is 10.2. The molecule has 5 nitrogen and oxygen atoms in total. The molecule has 0 aliphatic carbocycles. The predicted octanol–water partition coefficient (Wildman–Crippen LogP) is 1.57. The van der Waals surface area contributed by atoms with Gasteiger partial charge >= 0.3 is 0 Å². The molecule has 0 saturated carbocycles. The number of nitrogens with zero attached hydrogens (tertiary/aromatic N) is 3. The Kier molecular flexibility index (Phi) is 4.22. The molecule has 5 heteroatoms. The second-order valence-electron chi connectivity index (χ2n) is 5.51. The standard InChI is InChI=1S/C16H21N3O2/c1-18-5-7-19(8-6-18)9-10-21-16-12-14-13(11-15(16)20)3-2-4-17-14/h2-4,11-12,20H,5-10H2,1H3. The third-order valence-electron chi connectivity index (χ3n) is 3.94. The summed E-state index contributed by atoms with van der Waals surface area (Å²) >= 11 is 0. The number of rotatable bonds is 4. The first kappa shape index (κ1) is 14.1. The van der Waals surface area contributed by atoms with Gasteiger partial charge in [-0.2, -0.15) is 0 Å².